The van der Waals surface area contributed by atoms with E-state index in [4.69, 9.17) is 37.0 Å². The van der Waals surface area contributed by atoms with Gasteiger partial charge in [-0.15, -0.1) is 0 Å². The fraction of sp³-hybridized carbons (Fsp3) is 0.576. The predicted octanol–water partition coefficient (Wildman–Crippen LogP) is 22.5. The highest BCUT2D eigenvalue weighted by Crippen LogP contribution is 2.45. The van der Waals surface area contributed by atoms with E-state index >= 15 is 0 Å². The molecule has 19 heteroatoms. The number of allylic oxidation sites excluding steroid dienone is 32. The lowest BCUT2D eigenvalue weighted by Gasteiger charge is -2.21. The first-order valence-corrected chi connectivity index (χ1v) is 41.7. The molecule has 0 aromatic rings. The van der Waals surface area contributed by atoms with Crippen LogP contribution in [0.5, 0.6) is 0 Å². The van der Waals surface area contributed by atoms with Gasteiger partial charge in [-0.3, -0.25) is 37.3 Å². The summed E-state index contributed by atoms with van der Waals surface area (Å²) in [5.41, 5.74) is 0. The molecule has 0 heterocycles. The van der Waals surface area contributed by atoms with Gasteiger partial charge in [-0.05, 0) is 154 Å². The number of ether oxygens (including phenoxy) is 4. The van der Waals surface area contributed by atoms with E-state index in [1.54, 1.807) is 0 Å². The van der Waals surface area contributed by atoms with E-state index < -0.39 is 97.5 Å². The molecule has 5 unspecified atom stereocenters. The van der Waals surface area contributed by atoms with E-state index in [-0.39, 0.29) is 25.7 Å². The number of carbonyl (C=O) groups is 4. The van der Waals surface area contributed by atoms with Crippen molar-refractivity contribution < 1.29 is 80.2 Å². The first-order chi connectivity index (χ1) is 50.7. The Morgan fingerprint density at radius 2 is 0.519 bits per heavy atom. The van der Waals surface area contributed by atoms with Crippen molar-refractivity contribution in [3.63, 3.8) is 0 Å². The fourth-order valence-electron chi connectivity index (χ4n) is 9.27. The lowest BCUT2D eigenvalue weighted by molar-refractivity contribution is -0.161. The Balaban J connectivity index is 5.52. The van der Waals surface area contributed by atoms with E-state index in [1.165, 1.54) is 6.42 Å². The van der Waals surface area contributed by atoms with Gasteiger partial charge < -0.3 is 33.8 Å². The zero-order chi connectivity index (χ0) is 76.0. The molecule has 586 valence electrons. The van der Waals surface area contributed by atoms with Crippen molar-refractivity contribution >= 4 is 39.5 Å². The number of hydrogen-bond acceptors (Lipinski definition) is 15. The first-order valence-electron chi connectivity index (χ1n) is 38.7. The number of unbranched alkanes of at least 4 members (excludes halogenated alkanes) is 12. The molecule has 0 saturated carbocycles. The van der Waals surface area contributed by atoms with Crippen molar-refractivity contribution in [3.8, 4) is 0 Å². The zero-order valence-corrected chi connectivity index (χ0v) is 65.6. The van der Waals surface area contributed by atoms with E-state index in [9.17, 15) is 43.2 Å². The SMILES string of the molecule is CC/C=C\C/C=C\C/C=C\C/C=C\C/C=C\C/C=C\CCC(=O)OCC(COP(=O)(O)OCC(O)COP(=O)(O)OCC(COC(=O)CCCCCCC/C=C\C/C=C\C/C=C\CC)OC(=O)CCCCCCC/C=C\CCCC)OC(=O)CC/C=C\C/C=C\C/C=C\C/C=C\C/C=C\C/C=C\CC. The molecule has 0 spiro atoms. The van der Waals surface area contributed by atoms with Gasteiger partial charge in [0.25, 0.3) is 0 Å². The van der Waals surface area contributed by atoms with Gasteiger partial charge in [0.2, 0.25) is 0 Å². The summed E-state index contributed by atoms with van der Waals surface area (Å²) in [6.07, 6.45) is 91.7. The van der Waals surface area contributed by atoms with Crippen LogP contribution in [0.1, 0.15) is 259 Å². The molecular weight excluding hydrogens is 1350 g/mol. The molecule has 0 bridgehead atoms. The van der Waals surface area contributed by atoms with Crippen molar-refractivity contribution in [2.24, 2.45) is 0 Å². The monoisotopic (exact) mass is 1490 g/mol. The van der Waals surface area contributed by atoms with Crippen molar-refractivity contribution in [3.05, 3.63) is 194 Å². The highest BCUT2D eigenvalue weighted by Gasteiger charge is 2.30. The number of esters is 4. The maximum atomic E-state index is 13.1. The van der Waals surface area contributed by atoms with Crippen molar-refractivity contribution in [2.75, 3.05) is 39.6 Å². The Hall–Kier alpha value is -6.10. The molecule has 0 radical (unpaired) electrons. The molecule has 0 amide bonds. The summed E-state index contributed by atoms with van der Waals surface area (Å²) in [5.74, 6) is -2.42. The summed E-state index contributed by atoms with van der Waals surface area (Å²) >= 11 is 0. The van der Waals surface area contributed by atoms with Crippen LogP contribution in [-0.4, -0.2) is 96.7 Å². The number of hydrogen-bond donors (Lipinski definition) is 3. The van der Waals surface area contributed by atoms with E-state index in [1.807, 2.05) is 36.5 Å². The zero-order valence-electron chi connectivity index (χ0n) is 63.9. The van der Waals surface area contributed by atoms with Gasteiger partial charge in [0.15, 0.2) is 12.2 Å². The lowest BCUT2D eigenvalue weighted by atomic mass is 10.1. The lowest BCUT2D eigenvalue weighted by Crippen LogP contribution is -2.30. The minimum absolute atomic E-state index is 0.0118. The fourth-order valence-corrected chi connectivity index (χ4v) is 10.8. The second-order valence-electron chi connectivity index (χ2n) is 24.8. The van der Waals surface area contributed by atoms with Crippen LogP contribution in [0.3, 0.4) is 0 Å². The molecule has 0 aliphatic carbocycles. The third kappa shape index (κ3) is 74.2. The second-order valence-corrected chi connectivity index (χ2v) is 27.7. The number of rotatable bonds is 70. The summed E-state index contributed by atoms with van der Waals surface area (Å²) in [6.45, 7) is 4.25. The summed E-state index contributed by atoms with van der Waals surface area (Å²) in [5, 5.41) is 10.6. The van der Waals surface area contributed by atoms with Crippen LogP contribution in [-0.2, 0) is 65.4 Å². The topological polar surface area (TPSA) is 237 Å². The van der Waals surface area contributed by atoms with Crippen LogP contribution in [0.15, 0.2) is 194 Å². The molecule has 0 saturated heterocycles. The van der Waals surface area contributed by atoms with Gasteiger partial charge >= 0.3 is 39.5 Å². The van der Waals surface area contributed by atoms with Gasteiger partial charge in [-0.25, -0.2) is 9.13 Å². The quantitative estimate of drug-likeness (QED) is 0.0169. The maximum Gasteiger partial charge on any atom is 0.472 e. The van der Waals surface area contributed by atoms with E-state index in [0.717, 1.165) is 161 Å². The number of phosphoric acid groups is 2. The minimum atomic E-state index is -5.02. The summed E-state index contributed by atoms with van der Waals surface area (Å²) in [6, 6.07) is 0. The van der Waals surface area contributed by atoms with Crippen molar-refractivity contribution in [2.45, 2.75) is 277 Å². The van der Waals surface area contributed by atoms with Crippen molar-refractivity contribution in [1.82, 2.24) is 0 Å². The molecular formula is C85H134O17P2. The van der Waals surface area contributed by atoms with E-state index in [2.05, 4.69) is 186 Å². The third-order valence-electron chi connectivity index (χ3n) is 15.1. The summed E-state index contributed by atoms with van der Waals surface area (Å²) in [7, 11) is -10.0. The Labute approximate surface area is 627 Å². The van der Waals surface area contributed by atoms with Crippen LogP contribution in [0, 0.1) is 0 Å². The number of aliphatic hydroxyl groups is 1. The van der Waals surface area contributed by atoms with Crippen LogP contribution in [0.25, 0.3) is 0 Å². The van der Waals surface area contributed by atoms with Gasteiger partial charge in [-0.2, -0.15) is 0 Å². The average molecular weight is 1490 g/mol. The smallest absolute Gasteiger partial charge is 0.462 e. The van der Waals surface area contributed by atoms with Crippen LogP contribution in [0.4, 0.5) is 0 Å². The molecule has 0 aromatic heterocycles. The Kier molecular flexibility index (Phi) is 70.7. The molecule has 17 nitrogen and oxygen atoms in total. The largest absolute Gasteiger partial charge is 0.472 e. The first kappa shape index (κ1) is 97.9. The number of aliphatic hydroxyl groups excluding tert-OH is 1. The van der Waals surface area contributed by atoms with Gasteiger partial charge in [0.05, 0.1) is 26.4 Å². The third-order valence-corrected chi connectivity index (χ3v) is 17.0. The molecule has 0 fully saturated rings. The van der Waals surface area contributed by atoms with Gasteiger partial charge in [-0.1, -0.05) is 273 Å². The van der Waals surface area contributed by atoms with E-state index in [0.29, 0.717) is 38.5 Å². The average Bonchev–Trinajstić information content (AvgIpc) is 0.928. The van der Waals surface area contributed by atoms with Gasteiger partial charge in [0.1, 0.15) is 19.3 Å². The summed E-state index contributed by atoms with van der Waals surface area (Å²) < 4.78 is 68.3. The number of phosphoric ester groups is 2. The molecule has 3 N–H and O–H groups in total. The summed E-state index contributed by atoms with van der Waals surface area (Å²) in [4.78, 5) is 72.8. The van der Waals surface area contributed by atoms with Gasteiger partial charge in [0, 0.05) is 25.7 Å². The van der Waals surface area contributed by atoms with Crippen LogP contribution in [0.2, 0.25) is 0 Å². The minimum Gasteiger partial charge on any atom is -0.462 e. The van der Waals surface area contributed by atoms with Crippen LogP contribution < -0.4 is 0 Å². The van der Waals surface area contributed by atoms with Crippen molar-refractivity contribution in [1.29, 1.82) is 0 Å². The normalized spacial score (nSPS) is 15.0. The highest BCUT2D eigenvalue weighted by atomic mass is 31.2. The Bertz CT molecular complexity index is 2740. The molecule has 0 aromatic carbocycles. The molecule has 0 aliphatic heterocycles. The maximum absolute atomic E-state index is 13.1. The Morgan fingerprint density at radius 1 is 0.279 bits per heavy atom. The standard InChI is InChI=1S/C85H134O17P2/c1-5-9-13-17-21-25-29-32-35-37-39-41-44-47-51-54-58-62-66-70-83(88)96-76-81(102-85(90)72-68-64-60-56-52-48-45-42-40-38-36-33-30-26-22-18-14-10-6-2)78-100-104(93,94)98-74-79(86)73-97-103(91,92)99-77-80(101-84(89)71-67-63-59-55-49-28-24-20-16-12-8-4)75-95-82(87)69-65-61-57-53-50-46-43-34-31-27-23-19-15-11-7-3/h9-11,13-15,20-27,32-36,39-43,47-48,51-52,58,60,62,64,79-81,86H,5-8,12,16-19,28-31,37-38,44-46,49-50,53-57,59,61,63,65-78H2,1-4H3,(H,91,92)(H,93,94)/b13-9-,14-10-,15-11-,24-20-,25-21-,26-22-,27-23-,35-32-,36-33-,41-39-,42-40-,43-34-,51-47-,52-48-,62-58-,64-60-. The number of carbonyl (C=O) groups excluding carboxylic acids is 4. The molecule has 5 atom stereocenters. The highest BCUT2D eigenvalue weighted by molar-refractivity contribution is 7.47. The predicted molar refractivity (Wildman–Crippen MR) is 426 cm³/mol. The second kappa shape index (κ2) is 75.1. The Morgan fingerprint density at radius 3 is 0.856 bits per heavy atom. The molecule has 104 heavy (non-hydrogen) atoms. The van der Waals surface area contributed by atoms with Crippen LogP contribution >= 0.6 is 15.6 Å². The molecule has 0 aliphatic rings. The molecule has 0 rings (SSSR count).